The van der Waals surface area contributed by atoms with E-state index in [-0.39, 0.29) is 24.0 Å². The molecule has 31 heavy (non-hydrogen) atoms. The monoisotopic (exact) mass is 445 g/mol. The number of carbonyl (C=O) groups is 1. The largest absolute Gasteiger partial charge is 0.417 e. The van der Waals surface area contributed by atoms with Crippen LogP contribution in [-0.4, -0.2) is 27.2 Å². The van der Waals surface area contributed by atoms with Gasteiger partial charge in [-0.15, -0.1) is 0 Å². The van der Waals surface area contributed by atoms with E-state index in [2.05, 4.69) is 21.9 Å². The standard InChI is InChI=1S/C21H15ClF3N5O/c1-12-11-29(15-5-6-16(17(22)8-15)21(23,24)25)20(31)19-14(10-28-30(12)19)4-2-13-3-7-18(26)27-9-13/h3,5-10,12H,11H2,1H3,(H2,26,27)/t12-/m0/s1. The first-order valence-electron chi connectivity index (χ1n) is 9.15. The first-order valence-corrected chi connectivity index (χ1v) is 9.52. The van der Waals surface area contributed by atoms with Gasteiger partial charge in [-0.25, -0.2) is 4.98 Å². The normalized spacial score (nSPS) is 16.0. The number of anilines is 2. The van der Waals surface area contributed by atoms with Crippen molar-refractivity contribution in [2.75, 3.05) is 17.2 Å². The molecule has 2 N–H and O–H groups in total. The molecule has 2 aromatic heterocycles. The second-order valence-electron chi connectivity index (χ2n) is 7.00. The highest BCUT2D eigenvalue weighted by molar-refractivity contribution is 6.31. The average molecular weight is 446 g/mol. The van der Waals surface area contributed by atoms with Crippen molar-refractivity contribution >= 4 is 29.0 Å². The van der Waals surface area contributed by atoms with Crippen molar-refractivity contribution in [3.8, 4) is 11.8 Å². The van der Waals surface area contributed by atoms with E-state index < -0.39 is 22.7 Å². The lowest BCUT2D eigenvalue weighted by Gasteiger charge is -2.32. The highest BCUT2D eigenvalue weighted by Gasteiger charge is 2.36. The molecule has 0 bridgehead atoms. The highest BCUT2D eigenvalue weighted by atomic mass is 35.5. The fourth-order valence-corrected chi connectivity index (χ4v) is 3.58. The summed E-state index contributed by atoms with van der Waals surface area (Å²) in [5.74, 6) is 5.76. The Morgan fingerprint density at radius 1 is 1.19 bits per heavy atom. The number of amides is 1. The molecule has 0 saturated heterocycles. The lowest BCUT2D eigenvalue weighted by molar-refractivity contribution is -0.137. The summed E-state index contributed by atoms with van der Waals surface area (Å²) < 4.78 is 40.6. The van der Waals surface area contributed by atoms with Gasteiger partial charge in [0.25, 0.3) is 5.91 Å². The van der Waals surface area contributed by atoms with Gasteiger partial charge in [0, 0.05) is 24.0 Å². The first-order chi connectivity index (χ1) is 14.6. The van der Waals surface area contributed by atoms with Crippen molar-refractivity contribution in [2.24, 2.45) is 0 Å². The Hall–Kier alpha value is -3.51. The summed E-state index contributed by atoms with van der Waals surface area (Å²) in [5.41, 5.74) is 6.14. The molecule has 0 radical (unpaired) electrons. The molecule has 3 heterocycles. The van der Waals surface area contributed by atoms with Crippen molar-refractivity contribution in [1.82, 2.24) is 14.8 Å². The topological polar surface area (TPSA) is 77.0 Å². The smallest absolute Gasteiger partial charge is 0.384 e. The first kappa shape index (κ1) is 20.8. The van der Waals surface area contributed by atoms with E-state index in [1.807, 2.05) is 6.92 Å². The van der Waals surface area contributed by atoms with Crippen LogP contribution in [0.2, 0.25) is 5.02 Å². The minimum Gasteiger partial charge on any atom is -0.384 e. The summed E-state index contributed by atoms with van der Waals surface area (Å²) in [6.07, 6.45) is -1.57. The van der Waals surface area contributed by atoms with Crippen LogP contribution in [0.25, 0.3) is 0 Å². The van der Waals surface area contributed by atoms with Crippen LogP contribution < -0.4 is 10.6 Å². The number of halogens is 4. The Labute approximate surface area is 180 Å². The van der Waals surface area contributed by atoms with Gasteiger partial charge in [-0.2, -0.15) is 18.3 Å². The molecule has 0 fully saturated rings. The minimum atomic E-state index is -4.58. The maximum absolute atomic E-state index is 13.2. The third-order valence-corrected chi connectivity index (χ3v) is 5.12. The van der Waals surface area contributed by atoms with Crippen LogP contribution in [0.5, 0.6) is 0 Å². The second-order valence-corrected chi connectivity index (χ2v) is 7.41. The van der Waals surface area contributed by atoms with Crippen LogP contribution in [0.4, 0.5) is 24.7 Å². The van der Waals surface area contributed by atoms with Crippen molar-refractivity contribution in [2.45, 2.75) is 19.1 Å². The molecule has 0 saturated carbocycles. The number of pyridine rings is 1. The van der Waals surface area contributed by atoms with Crippen LogP contribution in [0.1, 0.15) is 40.1 Å². The zero-order chi connectivity index (χ0) is 22.3. The number of alkyl halides is 3. The summed E-state index contributed by atoms with van der Waals surface area (Å²) in [7, 11) is 0. The molecule has 10 heteroatoms. The van der Waals surface area contributed by atoms with Crippen molar-refractivity contribution in [3.63, 3.8) is 0 Å². The number of rotatable bonds is 1. The third kappa shape index (κ3) is 3.94. The van der Waals surface area contributed by atoms with Crippen LogP contribution in [-0.2, 0) is 6.18 Å². The van der Waals surface area contributed by atoms with Gasteiger partial charge in [-0.05, 0) is 37.3 Å². The van der Waals surface area contributed by atoms with Gasteiger partial charge >= 0.3 is 6.18 Å². The fraction of sp³-hybridized carbons (Fsp3) is 0.190. The SMILES string of the molecule is C[C@H]1CN(c2ccc(C(F)(F)F)c(Cl)c2)C(=O)c2c(C#Cc3ccc(N)nc3)cnn21. The van der Waals surface area contributed by atoms with Crippen LogP contribution in [0, 0.1) is 11.8 Å². The van der Waals surface area contributed by atoms with E-state index in [9.17, 15) is 18.0 Å². The molecule has 1 aliphatic rings. The minimum absolute atomic E-state index is 0.220. The second kappa shape index (κ2) is 7.63. The van der Waals surface area contributed by atoms with Gasteiger partial charge in [0.1, 0.15) is 11.5 Å². The number of benzene rings is 1. The molecular weight excluding hydrogens is 431 g/mol. The Balaban J connectivity index is 1.70. The Morgan fingerprint density at radius 2 is 1.97 bits per heavy atom. The van der Waals surface area contributed by atoms with Crippen molar-refractivity contribution in [3.05, 3.63) is 70.1 Å². The number of aromatic nitrogens is 3. The number of nitrogen functional groups attached to an aromatic ring is 1. The molecule has 158 valence electrons. The number of hydrogen-bond donors (Lipinski definition) is 1. The third-order valence-electron chi connectivity index (χ3n) is 4.81. The number of nitrogens with two attached hydrogens (primary N) is 1. The Bertz CT molecular complexity index is 1220. The summed E-state index contributed by atoms with van der Waals surface area (Å²) in [5, 5.41) is 3.79. The molecule has 0 spiro atoms. The molecular formula is C21H15ClF3N5O. The highest BCUT2D eigenvalue weighted by Crippen LogP contribution is 2.37. The Kier molecular flexibility index (Phi) is 5.11. The molecule has 1 aromatic carbocycles. The van der Waals surface area contributed by atoms with Gasteiger partial charge in [0.2, 0.25) is 0 Å². The van der Waals surface area contributed by atoms with E-state index in [1.54, 1.807) is 16.8 Å². The molecule has 1 aliphatic heterocycles. The summed E-state index contributed by atoms with van der Waals surface area (Å²) in [4.78, 5) is 18.5. The zero-order valence-electron chi connectivity index (χ0n) is 16.1. The molecule has 6 nitrogen and oxygen atoms in total. The maximum Gasteiger partial charge on any atom is 0.417 e. The number of carbonyl (C=O) groups excluding carboxylic acids is 1. The number of fused-ring (bicyclic) bond motifs is 1. The lowest BCUT2D eigenvalue weighted by atomic mass is 10.1. The van der Waals surface area contributed by atoms with Gasteiger partial charge in [-0.1, -0.05) is 23.4 Å². The Morgan fingerprint density at radius 3 is 2.61 bits per heavy atom. The van der Waals surface area contributed by atoms with Crippen molar-refractivity contribution < 1.29 is 18.0 Å². The summed E-state index contributed by atoms with van der Waals surface area (Å²) >= 11 is 5.84. The number of nitrogens with zero attached hydrogens (tertiary/aromatic N) is 4. The van der Waals surface area contributed by atoms with Crippen LogP contribution in [0.3, 0.4) is 0 Å². The quantitative estimate of drug-likeness (QED) is 0.571. The van der Waals surface area contributed by atoms with Gasteiger partial charge in [0.15, 0.2) is 0 Å². The van der Waals surface area contributed by atoms with Crippen LogP contribution in [0.15, 0.2) is 42.7 Å². The predicted molar refractivity (Wildman–Crippen MR) is 110 cm³/mol. The van der Waals surface area contributed by atoms with Crippen molar-refractivity contribution in [1.29, 1.82) is 0 Å². The molecule has 0 aliphatic carbocycles. The van der Waals surface area contributed by atoms with E-state index in [0.717, 1.165) is 12.1 Å². The van der Waals surface area contributed by atoms with E-state index in [0.29, 0.717) is 16.9 Å². The fourth-order valence-electron chi connectivity index (χ4n) is 3.30. The molecule has 1 atom stereocenters. The van der Waals surface area contributed by atoms with Crippen LogP contribution >= 0.6 is 11.6 Å². The maximum atomic E-state index is 13.2. The number of hydrogen-bond acceptors (Lipinski definition) is 4. The lowest BCUT2D eigenvalue weighted by Crippen LogP contribution is -2.43. The zero-order valence-corrected chi connectivity index (χ0v) is 16.9. The van der Waals surface area contributed by atoms with E-state index in [1.165, 1.54) is 23.4 Å². The van der Waals surface area contributed by atoms with Gasteiger partial charge in [0.05, 0.1) is 28.4 Å². The van der Waals surface area contributed by atoms with Gasteiger partial charge in [-0.3, -0.25) is 9.48 Å². The van der Waals surface area contributed by atoms with E-state index in [4.69, 9.17) is 17.3 Å². The average Bonchev–Trinajstić information content (AvgIpc) is 3.14. The predicted octanol–water partition coefficient (Wildman–Crippen LogP) is 4.15. The molecule has 3 aromatic rings. The van der Waals surface area contributed by atoms with E-state index >= 15 is 0 Å². The summed E-state index contributed by atoms with van der Waals surface area (Å²) in [6, 6.07) is 6.34. The van der Waals surface area contributed by atoms with Gasteiger partial charge < -0.3 is 10.6 Å². The molecule has 0 unspecified atom stereocenters. The molecule has 4 rings (SSSR count). The molecule has 1 amide bonds. The summed E-state index contributed by atoms with van der Waals surface area (Å²) in [6.45, 7) is 2.08.